The first-order valence-corrected chi connectivity index (χ1v) is 3.21. The molecule has 0 radical (unpaired) electrons. The third-order valence-corrected chi connectivity index (χ3v) is 1.73. The Morgan fingerprint density at radius 3 is 1.89 bits per heavy atom. The van der Waals surface area contributed by atoms with Crippen LogP contribution in [0.5, 0.6) is 0 Å². The zero-order chi connectivity index (χ0) is 5.11. The monoisotopic (exact) mass is 296 g/mol. The molecule has 0 saturated heterocycles. The van der Waals surface area contributed by atoms with Gasteiger partial charge in [-0.15, -0.1) is 0 Å². The van der Waals surface area contributed by atoms with Crippen LogP contribution >= 0.6 is 0 Å². The van der Waals surface area contributed by atoms with Gasteiger partial charge in [0.25, 0.3) is 0 Å². The smallest absolute Gasteiger partial charge is 0.358 e. The van der Waals surface area contributed by atoms with Crippen LogP contribution in [0.25, 0.3) is 0 Å². The van der Waals surface area contributed by atoms with Gasteiger partial charge in [0.1, 0.15) is 0 Å². The van der Waals surface area contributed by atoms with E-state index in [0.717, 1.165) is 5.92 Å². The maximum atomic E-state index is 2.40. The summed E-state index contributed by atoms with van der Waals surface area (Å²) in [5, 5.41) is 0. The van der Waals surface area contributed by atoms with Crippen molar-refractivity contribution in [3.8, 4) is 0 Å². The predicted molar refractivity (Wildman–Crippen MR) is 38.3 cm³/mol. The van der Waals surface area contributed by atoms with Gasteiger partial charge in [0, 0.05) is 0 Å². The van der Waals surface area contributed by atoms with Gasteiger partial charge >= 0.3 is 21.1 Å². The third kappa shape index (κ3) is 5.15. The summed E-state index contributed by atoms with van der Waals surface area (Å²) in [4.78, 5) is 0. The Balaban J connectivity index is 0. The zero-order valence-electron chi connectivity index (χ0n) is 6.39. The Morgan fingerprint density at radius 2 is 1.67 bits per heavy atom. The summed E-state index contributed by atoms with van der Waals surface area (Å²) < 4.78 is 0. The molecule has 1 saturated carbocycles. The molecule has 0 amide bonds. The Bertz CT molecular complexity index is 46.5. The van der Waals surface area contributed by atoms with Gasteiger partial charge in [-0.3, -0.25) is 0 Å². The van der Waals surface area contributed by atoms with E-state index in [2.05, 4.69) is 13.3 Å². The molecule has 0 bridgehead atoms. The Kier molecular flexibility index (Phi) is 9.35. The molecule has 0 nitrogen and oxygen atoms in total. The maximum absolute atomic E-state index is 2.40. The minimum atomic E-state index is 0. The van der Waals surface area contributed by atoms with Crippen molar-refractivity contribution >= 4 is 0 Å². The standard InChI is InChI=1S/C7H13.CH3.W/c1-7-5-3-2-4-6-7;;/h2,7H,3-6H2,1H3;1H3;/q2*-1;+2. The molecule has 54 valence electrons. The van der Waals surface area contributed by atoms with Gasteiger partial charge in [-0.1, -0.05) is 19.8 Å². The fourth-order valence-corrected chi connectivity index (χ4v) is 1.09. The molecular weight excluding hydrogens is 280 g/mol. The summed E-state index contributed by atoms with van der Waals surface area (Å²) in [7, 11) is 0. The van der Waals surface area contributed by atoms with Crippen LogP contribution in [0.4, 0.5) is 0 Å². The second-order valence-electron chi connectivity index (χ2n) is 2.55. The van der Waals surface area contributed by atoms with Gasteiger partial charge < -0.3 is 13.8 Å². The van der Waals surface area contributed by atoms with E-state index in [0.29, 0.717) is 0 Å². The molecule has 0 aliphatic heterocycles. The van der Waals surface area contributed by atoms with Crippen LogP contribution < -0.4 is 0 Å². The van der Waals surface area contributed by atoms with E-state index in [4.69, 9.17) is 0 Å². The second kappa shape index (κ2) is 6.80. The van der Waals surface area contributed by atoms with Crippen molar-refractivity contribution in [2.45, 2.75) is 32.6 Å². The van der Waals surface area contributed by atoms with Gasteiger partial charge in [0.2, 0.25) is 0 Å². The molecule has 0 unspecified atom stereocenters. The summed E-state index contributed by atoms with van der Waals surface area (Å²) in [6.45, 7) is 2.34. The normalized spacial score (nSPS) is 19.7. The molecule has 9 heavy (non-hydrogen) atoms. The van der Waals surface area contributed by atoms with Crippen LogP contribution in [-0.4, -0.2) is 0 Å². The van der Waals surface area contributed by atoms with Gasteiger partial charge in [-0.25, -0.2) is 0 Å². The largest absolute Gasteiger partial charge is 2.00 e. The van der Waals surface area contributed by atoms with E-state index in [1.807, 2.05) is 0 Å². The van der Waals surface area contributed by atoms with Crippen molar-refractivity contribution < 1.29 is 21.1 Å². The Hall–Kier alpha value is 0.688. The first-order valence-electron chi connectivity index (χ1n) is 3.21. The van der Waals surface area contributed by atoms with Crippen LogP contribution in [0.15, 0.2) is 0 Å². The molecule has 0 atom stereocenters. The van der Waals surface area contributed by atoms with Crippen molar-refractivity contribution in [1.29, 1.82) is 0 Å². The van der Waals surface area contributed by atoms with E-state index in [1.54, 1.807) is 0 Å². The minimum Gasteiger partial charge on any atom is -0.358 e. The second-order valence-corrected chi connectivity index (χ2v) is 2.55. The molecule has 0 aromatic carbocycles. The molecule has 0 aromatic rings. The van der Waals surface area contributed by atoms with Crippen molar-refractivity contribution in [2.24, 2.45) is 5.92 Å². The van der Waals surface area contributed by atoms with E-state index >= 15 is 0 Å². The van der Waals surface area contributed by atoms with Gasteiger partial charge in [-0.2, -0.15) is 12.8 Å². The van der Waals surface area contributed by atoms with Crippen molar-refractivity contribution in [2.75, 3.05) is 0 Å². The summed E-state index contributed by atoms with van der Waals surface area (Å²) in [5.41, 5.74) is 0. The quantitative estimate of drug-likeness (QED) is 0.603. The molecule has 1 aliphatic rings. The topological polar surface area (TPSA) is 0 Å². The zero-order valence-corrected chi connectivity index (χ0v) is 9.32. The fraction of sp³-hybridized carbons (Fsp3) is 0.750. The van der Waals surface area contributed by atoms with Gasteiger partial charge in [-0.05, 0) is 5.92 Å². The van der Waals surface area contributed by atoms with Gasteiger partial charge in [0.15, 0.2) is 0 Å². The molecule has 1 heteroatoms. The van der Waals surface area contributed by atoms with E-state index in [-0.39, 0.29) is 28.5 Å². The van der Waals surface area contributed by atoms with E-state index in [1.165, 1.54) is 25.7 Å². The first kappa shape index (κ1) is 12.4. The maximum Gasteiger partial charge on any atom is 2.00 e. The summed E-state index contributed by atoms with van der Waals surface area (Å²) in [5.74, 6) is 1.00. The fourth-order valence-electron chi connectivity index (χ4n) is 1.09. The summed E-state index contributed by atoms with van der Waals surface area (Å²) >= 11 is 0. The first-order chi connectivity index (χ1) is 3.39. The van der Waals surface area contributed by atoms with Crippen LogP contribution in [0.2, 0.25) is 0 Å². The molecule has 0 N–H and O–H groups in total. The summed E-state index contributed by atoms with van der Waals surface area (Å²) in [6, 6.07) is 0. The van der Waals surface area contributed by atoms with Crippen molar-refractivity contribution in [1.82, 2.24) is 0 Å². The molecule has 1 fully saturated rings. The molecular formula is C8H16W. The average molecular weight is 296 g/mol. The number of hydrogen-bond acceptors (Lipinski definition) is 0. The van der Waals surface area contributed by atoms with Gasteiger partial charge in [0.05, 0.1) is 0 Å². The van der Waals surface area contributed by atoms with Crippen LogP contribution in [0.1, 0.15) is 32.6 Å². The summed E-state index contributed by atoms with van der Waals surface area (Å²) in [6.07, 6.45) is 7.99. The molecule has 1 rings (SSSR count). The SMILES string of the molecule is CC1CC[CH-]CC1.[CH3-].[W+2]. The van der Waals surface area contributed by atoms with Crippen molar-refractivity contribution in [3.05, 3.63) is 13.8 Å². The minimum absolute atomic E-state index is 0. The van der Waals surface area contributed by atoms with E-state index in [9.17, 15) is 0 Å². The van der Waals surface area contributed by atoms with Crippen LogP contribution in [0, 0.1) is 19.8 Å². The molecule has 0 heterocycles. The molecule has 0 aromatic heterocycles. The predicted octanol–water partition coefficient (Wildman–Crippen LogP) is 2.85. The molecule has 1 aliphatic carbocycles. The van der Waals surface area contributed by atoms with Crippen molar-refractivity contribution in [3.63, 3.8) is 0 Å². The Morgan fingerprint density at radius 1 is 1.22 bits per heavy atom. The average Bonchev–Trinajstić information content (AvgIpc) is 1.69. The van der Waals surface area contributed by atoms with Crippen LogP contribution in [-0.2, 0) is 21.1 Å². The number of rotatable bonds is 0. The Labute approximate surface area is 73.7 Å². The number of hydrogen-bond donors (Lipinski definition) is 0. The third-order valence-electron chi connectivity index (χ3n) is 1.73. The van der Waals surface area contributed by atoms with E-state index < -0.39 is 0 Å². The molecule has 0 spiro atoms. The van der Waals surface area contributed by atoms with Crippen LogP contribution in [0.3, 0.4) is 0 Å².